The maximum Gasteiger partial charge on any atom is 0.410 e. The van der Waals surface area contributed by atoms with Crippen LogP contribution in [-0.2, 0) is 9.53 Å². The van der Waals surface area contributed by atoms with Crippen molar-refractivity contribution in [1.29, 1.82) is 5.26 Å². The molecule has 0 radical (unpaired) electrons. The Morgan fingerprint density at radius 2 is 1.74 bits per heavy atom. The van der Waals surface area contributed by atoms with Gasteiger partial charge in [0.2, 0.25) is 0 Å². The Morgan fingerprint density at radius 1 is 1.07 bits per heavy atom. The first-order valence-corrected chi connectivity index (χ1v) is 15.8. The number of amides is 1. The predicted molar refractivity (Wildman–Crippen MR) is 160 cm³/mol. The van der Waals surface area contributed by atoms with Crippen molar-refractivity contribution >= 4 is 23.2 Å². The molecule has 3 aromatic rings. The number of thiazole rings is 1. The first kappa shape index (κ1) is 28.5. The number of ether oxygens (including phenoxy) is 1. The summed E-state index contributed by atoms with van der Waals surface area (Å²) in [5.74, 6) is 0.0276. The summed E-state index contributed by atoms with van der Waals surface area (Å²) in [7, 11) is 0. The standard InChI is InChI=1S/C34H36FN3O3S/c1-21(2)41-33(40)38-18-25(19-38)22-7-9-23(10-8-22)31-30(37-32(42-31)24-11-13-26(35)14-12-24)28-6-4-3-5-27(28)29(39)17-34(20-36)15-16-34/h7-14,21,25,27-28H,3-6,15-19H2,1-2H3/t27-,28-/m1/s1. The van der Waals surface area contributed by atoms with Crippen LogP contribution in [-0.4, -0.2) is 41.0 Å². The van der Waals surface area contributed by atoms with Crippen LogP contribution in [0.4, 0.5) is 9.18 Å². The van der Waals surface area contributed by atoms with E-state index >= 15 is 0 Å². The van der Waals surface area contributed by atoms with E-state index in [2.05, 4.69) is 30.3 Å². The van der Waals surface area contributed by atoms with Crippen LogP contribution in [0.25, 0.3) is 21.0 Å². The summed E-state index contributed by atoms with van der Waals surface area (Å²) in [6, 6.07) is 17.3. The van der Waals surface area contributed by atoms with Gasteiger partial charge in [-0.3, -0.25) is 4.79 Å². The van der Waals surface area contributed by atoms with Crippen LogP contribution in [0.2, 0.25) is 0 Å². The van der Waals surface area contributed by atoms with Crippen molar-refractivity contribution in [3.05, 3.63) is 65.6 Å². The third-order valence-corrected chi connectivity index (χ3v) is 10.2. The molecule has 42 heavy (non-hydrogen) atoms. The highest BCUT2D eigenvalue weighted by molar-refractivity contribution is 7.18. The van der Waals surface area contributed by atoms with Gasteiger partial charge in [-0.1, -0.05) is 37.1 Å². The average molecular weight is 586 g/mol. The number of hydrogen-bond acceptors (Lipinski definition) is 6. The minimum absolute atomic E-state index is 0.00646. The van der Waals surface area contributed by atoms with Crippen LogP contribution >= 0.6 is 11.3 Å². The summed E-state index contributed by atoms with van der Waals surface area (Å²) in [5.41, 5.74) is 3.56. The zero-order chi connectivity index (χ0) is 29.4. The zero-order valence-corrected chi connectivity index (χ0v) is 25.0. The highest BCUT2D eigenvalue weighted by atomic mass is 32.1. The first-order chi connectivity index (χ1) is 20.2. The van der Waals surface area contributed by atoms with Crippen molar-refractivity contribution < 1.29 is 18.7 Å². The Kier molecular flexibility index (Phi) is 7.89. The van der Waals surface area contributed by atoms with Crippen molar-refractivity contribution in [2.45, 2.75) is 76.7 Å². The van der Waals surface area contributed by atoms with Crippen molar-refractivity contribution in [2.75, 3.05) is 13.1 Å². The highest BCUT2D eigenvalue weighted by Crippen LogP contribution is 2.51. The van der Waals surface area contributed by atoms with E-state index in [9.17, 15) is 19.2 Å². The van der Waals surface area contributed by atoms with Crippen molar-refractivity contribution in [1.82, 2.24) is 9.88 Å². The number of nitrogens with zero attached hydrogens (tertiary/aromatic N) is 3. The lowest BCUT2D eigenvalue weighted by Gasteiger charge is -2.39. The Morgan fingerprint density at radius 3 is 2.38 bits per heavy atom. The molecule has 0 N–H and O–H groups in total. The molecule has 0 unspecified atom stereocenters. The number of halogens is 1. The van der Waals surface area contributed by atoms with E-state index in [1.54, 1.807) is 28.4 Å². The molecule has 3 fully saturated rings. The first-order valence-electron chi connectivity index (χ1n) is 15.0. The van der Waals surface area contributed by atoms with Crippen LogP contribution in [0.1, 0.15) is 81.9 Å². The van der Waals surface area contributed by atoms with Crippen molar-refractivity contribution in [2.24, 2.45) is 11.3 Å². The molecule has 2 saturated carbocycles. The Labute approximate surface area is 250 Å². The predicted octanol–water partition coefficient (Wildman–Crippen LogP) is 8.10. The normalized spacial score (nSPS) is 21.5. The van der Waals surface area contributed by atoms with Gasteiger partial charge < -0.3 is 9.64 Å². The molecule has 2 aromatic carbocycles. The zero-order valence-electron chi connectivity index (χ0n) is 24.1. The lowest BCUT2D eigenvalue weighted by atomic mass is 9.73. The van der Waals surface area contributed by atoms with Crippen molar-refractivity contribution in [3.63, 3.8) is 0 Å². The Balaban J connectivity index is 1.28. The number of ketones is 1. The van der Waals surface area contributed by atoms with E-state index in [0.29, 0.717) is 19.5 Å². The van der Waals surface area contributed by atoms with E-state index in [0.717, 1.165) is 65.2 Å². The third kappa shape index (κ3) is 5.85. The van der Waals surface area contributed by atoms with Crippen LogP contribution in [0, 0.1) is 28.5 Å². The van der Waals surface area contributed by atoms with Gasteiger partial charge in [0.1, 0.15) is 16.6 Å². The van der Waals surface area contributed by atoms with Gasteiger partial charge in [0.15, 0.2) is 0 Å². The number of rotatable bonds is 8. The van der Waals surface area contributed by atoms with Gasteiger partial charge in [0.25, 0.3) is 0 Å². The number of likely N-dealkylation sites (tertiary alicyclic amines) is 1. The van der Waals surface area contributed by atoms with Crippen LogP contribution < -0.4 is 0 Å². The molecule has 2 aliphatic carbocycles. The third-order valence-electron chi connectivity index (χ3n) is 9.00. The summed E-state index contributed by atoms with van der Waals surface area (Å²) in [6.07, 6.45) is 5.32. The van der Waals surface area contributed by atoms with Gasteiger partial charge in [0.05, 0.1) is 28.2 Å². The second-order valence-corrected chi connectivity index (χ2v) is 13.4. The molecule has 6 rings (SSSR count). The van der Waals surface area contributed by atoms with Gasteiger partial charge in [-0.15, -0.1) is 11.3 Å². The van der Waals surface area contributed by atoms with Crippen molar-refractivity contribution in [3.8, 4) is 27.1 Å². The smallest absolute Gasteiger partial charge is 0.410 e. The molecule has 1 saturated heterocycles. The van der Waals surface area contributed by atoms with Gasteiger partial charge in [-0.05, 0) is 74.9 Å². The van der Waals surface area contributed by atoms with Crippen LogP contribution in [0.5, 0.6) is 0 Å². The molecule has 0 bridgehead atoms. The molecule has 1 aliphatic heterocycles. The van der Waals surface area contributed by atoms with E-state index in [1.165, 1.54) is 17.7 Å². The molecule has 3 aliphatic rings. The lowest BCUT2D eigenvalue weighted by molar-refractivity contribution is -0.125. The molecule has 1 aromatic heterocycles. The van der Waals surface area contributed by atoms with Crippen LogP contribution in [0.15, 0.2) is 48.5 Å². The molecular formula is C34H36FN3O3S. The number of aromatic nitrogens is 1. The fourth-order valence-corrected chi connectivity index (χ4v) is 7.46. The minimum Gasteiger partial charge on any atom is -0.447 e. The van der Waals surface area contributed by atoms with E-state index in [4.69, 9.17) is 9.72 Å². The lowest BCUT2D eigenvalue weighted by Crippen LogP contribution is -2.49. The largest absolute Gasteiger partial charge is 0.447 e. The molecule has 0 spiro atoms. The van der Waals surface area contributed by atoms with E-state index in [-0.39, 0.29) is 41.6 Å². The van der Waals surface area contributed by atoms with E-state index in [1.807, 2.05) is 13.8 Å². The number of nitriles is 1. The number of carbonyl (C=O) groups excluding carboxylic acids is 2. The highest BCUT2D eigenvalue weighted by Gasteiger charge is 2.47. The molecule has 1 amide bonds. The van der Waals surface area contributed by atoms with Gasteiger partial charge >= 0.3 is 6.09 Å². The maximum atomic E-state index is 13.7. The Hall–Kier alpha value is -3.57. The number of hydrogen-bond donors (Lipinski definition) is 0. The average Bonchev–Trinajstić information content (AvgIpc) is 3.59. The van der Waals surface area contributed by atoms with E-state index < -0.39 is 5.41 Å². The summed E-state index contributed by atoms with van der Waals surface area (Å²) in [6.45, 7) is 4.98. The summed E-state index contributed by atoms with van der Waals surface area (Å²) >= 11 is 1.59. The summed E-state index contributed by atoms with van der Waals surface area (Å²) in [5, 5.41) is 10.4. The topological polar surface area (TPSA) is 83.3 Å². The SMILES string of the molecule is CC(C)OC(=O)N1CC(c2ccc(-c3sc(-c4ccc(F)cc4)nc3[C@@H]3CCCC[C@H]3C(=O)CC3(C#N)CC3)cc2)C1. The summed E-state index contributed by atoms with van der Waals surface area (Å²) in [4.78, 5) is 33.7. The number of Topliss-reactive ketones (excluding diaryl/α,β-unsaturated/α-hetero) is 1. The van der Waals surface area contributed by atoms with Crippen LogP contribution in [0.3, 0.4) is 0 Å². The maximum absolute atomic E-state index is 13.7. The molecule has 2 atom stereocenters. The van der Waals surface area contributed by atoms with Gasteiger partial charge in [-0.2, -0.15) is 5.26 Å². The fourth-order valence-electron chi connectivity index (χ4n) is 6.31. The monoisotopic (exact) mass is 585 g/mol. The second kappa shape index (κ2) is 11.6. The minimum atomic E-state index is -0.457. The van der Waals surface area contributed by atoms with Gasteiger partial charge in [-0.25, -0.2) is 14.2 Å². The molecule has 2 heterocycles. The molecule has 8 heteroatoms. The molecular weight excluding hydrogens is 549 g/mol. The second-order valence-electron chi connectivity index (χ2n) is 12.4. The Bertz CT molecular complexity index is 1500. The molecule has 218 valence electrons. The number of benzene rings is 2. The van der Waals surface area contributed by atoms with Gasteiger partial charge in [0, 0.05) is 42.8 Å². The quantitative estimate of drug-likeness (QED) is 0.267. The fraction of sp³-hybridized carbons (Fsp3) is 0.471. The number of carbonyl (C=O) groups is 2. The molecule has 6 nitrogen and oxygen atoms in total. The summed E-state index contributed by atoms with van der Waals surface area (Å²) < 4.78 is 19.0.